The van der Waals surface area contributed by atoms with Gasteiger partial charge in [0.2, 0.25) is 11.8 Å². The molecule has 3 amide bonds. The van der Waals surface area contributed by atoms with Gasteiger partial charge in [0.15, 0.2) is 0 Å². The second-order valence-electron chi connectivity index (χ2n) is 12.1. The highest BCUT2D eigenvalue weighted by Crippen LogP contribution is 2.25. The van der Waals surface area contributed by atoms with Crippen molar-refractivity contribution in [1.82, 2.24) is 15.5 Å². The van der Waals surface area contributed by atoms with E-state index in [0.717, 1.165) is 10.5 Å². The molecule has 0 heterocycles. The normalized spacial score (nSPS) is 13.3. The van der Waals surface area contributed by atoms with Crippen molar-refractivity contribution < 1.29 is 28.7 Å². The molecule has 0 aliphatic carbocycles. The molecule has 0 saturated heterocycles. The second kappa shape index (κ2) is 16.0. The van der Waals surface area contributed by atoms with E-state index in [2.05, 4.69) is 29.8 Å². The van der Waals surface area contributed by atoms with Crippen LogP contribution in [0.3, 0.4) is 0 Å². The number of thiol groups is 1. The number of benzene rings is 2. The van der Waals surface area contributed by atoms with Gasteiger partial charge in [-0.1, -0.05) is 61.2 Å². The van der Waals surface area contributed by atoms with Crippen molar-refractivity contribution >= 4 is 42.6 Å². The van der Waals surface area contributed by atoms with E-state index in [1.54, 1.807) is 71.9 Å². The van der Waals surface area contributed by atoms with Crippen LogP contribution in [0.4, 0.5) is 4.79 Å². The third kappa shape index (κ3) is 11.4. The van der Waals surface area contributed by atoms with E-state index < -0.39 is 59.7 Å². The number of nitrogens with one attached hydrogen (secondary N) is 2. The van der Waals surface area contributed by atoms with Crippen LogP contribution in [0.1, 0.15) is 64.3 Å². The summed E-state index contributed by atoms with van der Waals surface area (Å²) < 4.78 is 10.9. The quantitative estimate of drug-likeness (QED) is 0.179. The predicted molar refractivity (Wildman–Crippen MR) is 172 cm³/mol. The van der Waals surface area contributed by atoms with Gasteiger partial charge in [-0.3, -0.25) is 9.59 Å². The van der Waals surface area contributed by atoms with Gasteiger partial charge in [-0.2, -0.15) is 17.9 Å². The Bertz CT molecular complexity index is 1360. The van der Waals surface area contributed by atoms with E-state index in [1.807, 2.05) is 36.4 Å². The summed E-state index contributed by atoms with van der Waals surface area (Å²) in [6, 6.07) is 14.1. The molecule has 0 radical (unpaired) electrons. The Morgan fingerprint density at radius 3 is 2.14 bits per heavy atom. The first-order chi connectivity index (χ1) is 20.6. The van der Waals surface area contributed by atoms with Gasteiger partial charge >= 0.3 is 12.1 Å². The van der Waals surface area contributed by atoms with Crippen LogP contribution in [0.25, 0.3) is 6.08 Å². The number of hydrogen-bond acceptors (Lipinski definition) is 8. The molecular formula is C33H42N4O6S. The molecule has 11 heteroatoms. The zero-order valence-electron chi connectivity index (χ0n) is 26.1. The molecule has 0 spiro atoms. The Balaban J connectivity index is 2.57. The van der Waals surface area contributed by atoms with Crippen molar-refractivity contribution in [2.75, 3.05) is 12.3 Å². The number of rotatable bonds is 12. The van der Waals surface area contributed by atoms with Crippen LogP contribution >= 0.6 is 12.6 Å². The molecule has 3 atom stereocenters. The number of nitriles is 1. The lowest BCUT2D eigenvalue weighted by atomic mass is 9.99. The lowest BCUT2D eigenvalue weighted by Gasteiger charge is -2.33. The van der Waals surface area contributed by atoms with Crippen molar-refractivity contribution in [2.45, 2.75) is 77.3 Å². The molecular weight excluding hydrogens is 580 g/mol. The molecule has 2 rings (SSSR count). The fraction of sp³-hybridized carbons (Fsp3) is 0.424. The number of carbonyl (C=O) groups is 4. The molecule has 0 aliphatic rings. The zero-order valence-corrected chi connectivity index (χ0v) is 27.0. The van der Waals surface area contributed by atoms with Crippen molar-refractivity contribution in [3.63, 3.8) is 0 Å². The average Bonchev–Trinajstić information content (AvgIpc) is 2.93. The minimum Gasteiger partial charge on any atom is -0.458 e. The van der Waals surface area contributed by atoms with E-state index in [4.69, 9.17) is 9.47 Å². The molecule has 2 aromatic carbocycles. The number of carbonyl (C=O) groups excluding carboxylic acids is 4. The molecule has 0 aliphatic heterocycles. The Morgan fingerprint density at radius 1 is 0.955 bits per heavy atom. The van der Waals surface area contributed by atoms with Crippen LogP contribution in [0, 0.1) is 11.3 Å². The number of esters is 1. The number of hydrogen-bond donors (Lipinski definition) is 3. The molecule has 2 aromatic rings. The van der Waals surface area contributed by atoms with Gasteiger partial charge < -0.3 is 25.0 Å². The predicted octanol–water partition coefficient (Wildman–Crippen LogP) is 4.62. The Labute approximate surface area is 265 Å². The lowest BCUT2D eigenvalue weighted by molar-refractivity contribution is -0.159. The summed E-state index contributed by atoms with van der Waals surface area (Å²) in [5, 5.41) is 15.0. The number of amides is 3. The number of ether oxygens (including phenoxy) is 2. The number of nitrogens with zero attached hydrogens (tertiary/aromatic N) is 2. The minimum absolute atomic E-state index is 0.118. The SMILES string of the molecule is C=Cc1cccc(C(C(=O)NC(Cc2ccccc2)C(=O)OC(C)(C)C)N(CC#N)C(=O)C(CS)NC(=O)OC(C)(C)C)c1. The maximum absolute atomic E-state index is 14.2. The summed E-state index contributed by atoms with van der Waals surface area (Å²) in [6.07, 6.45) is 0.838. The van der Waals surface area contributed by atoms with E-state index >= 15 is 0 Å². The molecule has 0 fully saturated rings. The van der Waals surface area contributed by atoms with E-state index in [0.29, 0.717) is 11.1 Å². The Hall–Kier alpha value is -4.30. The van der Waals surface area contributed by atoms with Gasteiger partial charge in [0.05, 0.1) is 6.07 Å². The monoisotopic (exact) mass is 622 g/mol. The van der Waals surface area contributed by atoms with Crippen LogP contribution in [0.15, 0.2) is 61.2 Å². The second-order valence-corrected chi connectivity index (χ2v) is 12.4. The largest absolute Gasteiger partial charge is 0.458 e. The third-order valence-corrected chi connectivity index (χ3v) is 6.37. The molecule has 2 N–H and O–H groups in total. The summed E-state index contributed by atoms with van der Waals surface area (Å²) >= 11 is 4.24. The average molecular weight is 623 g/mol. The molecule has 3 unspecified atom stereocenters. The van der Waals surface area contributed by atoms with Crippen molar-refractivity contribution in [2.24, 2.45) is 0 Å². The van der Waals surface area contributed by atoms with Gasteiger partial charge in [-0.05, 0) is 64.3 Å². The van der Waals surface area contributed by atoms with Gasteiger partial charge in [-0.15, -0.1) is 0 Å². The first-order valence-electron chi connectivity index (χ1n) is 14.2. The fourth-order valence-electron chi connectivity index (χ4n) is 4.20. The van der Waals surface area contributed by atoms with Crippen LogP contribution in [-0.4, -0.2) is 64.4 Å². The van der Waals surface area contributed by atoms with E-state index in [-0.39, 0.29) is 12.2 Å². The van der Waals surface area contributed by atoms with Gasteiger partial charge in [0, 0.05) is 12.2 Å². The number of alkyl carbamates (subject to hydrolysis) is 1. The highest BCUT2D eigenvalue weighted by molar-refractivity contribution is 7.80. The molecule has 0 aromatic heterocycles. The van der Waals surface area contributed by atoms with Crippen molar-refractivity contribution in [3.05, 3.63) is 77.9 Å². The Morgan fingerprint density at radius 2 is 1.59 bits per heavy atom. The summed E-state index contributed by atoms with van der Waals surface area (Å²) in [5.74, 6) is -2.27. The molecule has 10 nitrogen and oxygen atoms in total. The molecule has 0 bridgehead atoms. The molecule has 0 saturated carbocycles. The fourth-order valence-corrected chi connectivity index (χ4v) is 4.45. The summed E-state index contributed by atoms with van der Waals surface area (Å²) in [4.78, 5) is 55.0. The van der Waals surface area contributed by atoms with Crippen LogP contribution in [0.5, 0.6) is 0 Å². The van der Waals surface area contributed by atoms with E-state index in [9.17, 15) is 24.4 Å². The smallest absolute Gasteiger partial charge is 0.408 e. The molecule has 236 valence electrons. The van der Waals surface area contributed by atoms with Crippen LogP contribution in [0.2, 0.25) is 0 Å². The highest BCUT2D eigenvalue weighted by atomic mass is 32.1. The molecule has 44 heavy (non-hydrogen) atoms. The lowest BCUT2D eigenvalue weighted by Crippen LogP contribution is -2.55. The first-order valence-corrected chi connectivity index (χ1v) is 14.8. The van der Waals surface area contributed by atoms with Gasteiger partial charge in [-0.25, -0.2) is 9.59 Å². The minimum atomic E-state index is -1.37. The topological polar surface area (TPSA) is 138 Å². The first kappa shape index (κ1) is 35.9. The summed E-state index contributed by atoms with van der Waals surface area (Å²) in [6.45, 7) is 13.5. The standard InChI is InChI=1S/C33H42N4O6S/c1-8-22-15-12-16-24(19-22)27(37(18-17-34)29(39)26(21-44)36-31(41)43-33(5,6)7)28(38)35-25(30(40)42-32(2,3)4)20-23-13-10-9-11-14-23/h8-16,19,25-27,44H,1,18,20-21H2,2-7H3,(H,35,38)(H,36,41). The van der Waals surface area contributed by atoms with Gasteiger partial charge in [0.1, 0.15) is 35.9 Å². The van der Waals surface area contributed by atoms with Gasteiger partial charge in [0.25, 0.3) is 0 Å². The van der Waals surface area contributed by atoms with Crippen LogP contribution in [-0.2, 0) is 30.3 Å². The zero-order chi connectivity index (χ0) is 33.1. The van der Waals surface area contributed by atoms with Crippen LogP contribution < -0.4 is 10.6 Å². The third-order valence-electron chi connectivity index (χ3n) is 6.01. The Kier molecular flexibility index (Phi) is 13.0. The maximum atomic E-state index is 14.2. The summed E-state index contributed by atoms with van der Waals surface area (Å²) in [7, 11) is 0. The van der Waals surface area contributed by atoms with Crippen molar-refractivity contribution in [3.8, 4) is 6.07 Å². The van der Waals surface area contributed by atoms with Crippen molar-refractivity contribution in [1.29, 1.82) is 5.26 Å². The maximum Gasteiger partial charge on any atom is 0.408 e. The summed E-state index contributed by atoms with van der Waals surface area (Å²) in [5.41, 5.74) is 0.139. The highest BCUT2D eigenvalue weighted by Gasteiger charge is 2.38. The van der Waals surface area contributed by atoms with E-state index in [1.165, 1.54) is 0 Å².